The number of aromatic carboxylic acids is 1. The van der Waals surface area contributed by atoms with Crippen LogP contribution in [0.2, 0.25) is 0 Å². The highest BCUT2D eigenvalue weighted by Gasteiger charge is 2.49. The van der Waals surface area contributed by atoms with E-state index in [0.29, 0.717) is 24.4 Å². The number of morpholine rings is 1. The van der Waals surface area contributed by atoms with E-state index in [1.54, 1.807) is 12.1 Å². The number of amides is 1. The molecule has 1 saturated heterocycles. The van der Waals surface area contributed by atoms with Gasteiger partial charge in [0.1, 0.15) is 10.6 Å². The summed E-state index contributed by atoms with van der Waals surface area (Å²) < 4.78 is 6.42. The first-order valence-corrected chi connectivity index (χ1v) is 8.74. The summed E-state index contributed by atoms with van der Waals surface area (Å²) in [5.41, 5.74) is 0.862. The largest absolute Gasteiger partial charge is 0.477 e. The quantitative estimate of drug-likeness (QED) is 0.782. The van der Waals surface area contributed by atoms with Gasteiger partial charge in [0.05, 0.1) is 41.6 Å². The third-order valence-electron chi connectivity index (χ3n) is 5.03. The standard InChI is InChI=1S/C16H18N2O5S/c19-7-9-6-18(16(8-23-9)2-1-3-16)14(20)11-5-12-10(17-11)4-13(24-12)15(21)22/h4-5,9,17,19H,1-3,6-8H2,(H,21,22). The second kappa shape index (κ2) is 5.58. The van der Waals surface area contributed by atoms with E-state index >= 15 is 0 Å². The lowest BCUT2D eigenvalue weighted by atomic mass is 9.74. The average molecular weight is 350 g/mol. The summed E-state index contributed by atoms with van der Waals surface area (Å²) in [6, 6.07) is 3.26. The number of aromatic nitrogens is 1. The number of aliphatic hydroxyl groups excluding tert-OH is 1. The van der Waals surface area contributed by atoms with Crippen molar-refractivity contribution >= 4 is 33.4 Å². The first-order chi connectivity index (χ1) is 11.5. The van der Waals surface area contributed by atoms with Crippen LogP contribution >= 0.6 is 11.3 Å². The zero-order valence-electron chi connectivity index (χ0n) is 12.9. The number of hydrogen-bond donors (Lipinski definition) is 3. The molecule has 1 saturated carbocycles. The molecule has 128 valence electrons. The number of aromatic amines is 1. The van der Waals surface area contributed by atoms with Crippen LogP contribution in [0, 0.1) is 0 Å². The molecule has 24 heavy (non-hydrogen) atoms. The number of carboxylic acid groups (broad SMARTS) is 1. The molecule has 1 aliphatic carbocycles. The van der Waals surface area contributed by atoms with E-state index in [9.17, 15) is 14.7 Å². The molecule has 0 bridgehead atoms. The molecule has 3 N–H and O–H groups in total. The summed E-state index contributed by atoms with van der Waals surface area (Å²) in [5, 5.41) is 18.4. The molecule has 0 aromatic carbocycles. The van der Waals surface area contributed by atoms with Crippen LogP contribution in [0.3, 0.4) is 0 Å². The lowest BCUT2D eigenvalue weighted by Gasteiger charge is -2.54. The number of nitrogens with one attached hydrogen (secondary N) is 1. The summed E-state index contributed by atoms with van der Waals surface area (Å²) in [6.45, 7) is 0.728. The number of ether oxygens (including phenoxy) is 1. The van der Waals surface area contributed by atoms with Crippen molar-refractivity contribution in [2.24, 2.45) is 0 Å². The van der Waals surface area contributed by atoms with Gasteiger partial charge in [-0.3, -0.25) is 4.79 Å². The van der Waals surface area contributed by atoms with E-state index in [-0.39, 0.29) is 29.0 Å². The van der Waals surface area contributed by atoms with Gasteiger partial charge < -0.3 is 24.8 Å². The third kappa shape index (κ3) is 2.33. The Balaban J connectivity index is 1.63. The second-order valence-electron chi connectivity index (χ2n) is 6.49. The van der Waals surface area contributed by atoms with Crippen LogP contribution in [0.4, 0.5) is 0 Å². The minimum Gasteiger partial charge on any atom is -0.477 e. The van der Waals surface area contributed by atoms with Crippen molar-refractivity contribution in [1.82, 2.24) is 9.88 Å². The number of carbonyl (C=O) groups excluding carboxylic acids is 1. The van der Waals surface area contributed by atoms with Crippen LogP contribution < -0.4 is 0 Å². The first-order valence-electron chi connectivity index (χ1n) is 7.93. The lowest BCUT2D eigenvalue weighted by molar-refractivity contribution is -0.135. The number of thiophene rings is 1. The highest BCUT2D eigenvalue weighted by molar-refractivity contribution is 7.20. The van der Waals surface area contributed by atoms with Crippen molar-refractivity contribution in [2.75, 3.05) is 19.8 Å². The normalized spacial score (nSPS) is 22.7. The lowest BCUT2D eigenvalue weighted by Crippen LogP contribution is -2.65. The van der Waals surface area contributed by atoms with Crippen molar-refractivity contribution in [2.45, 2.75) is 30.9 Å². The molecular formula is C16H18N2O5S. The van der Waals surface area contributed by atoms with Crippen molar-refractivity contribution in [3.8, 4) is 0 Å². The van der Waals surface area contributed by atoms with Gasteiger partial charge in [0, 0.05) is 0 Å². The summed E-state index contributed by atoms with van der Waals surface area (Å²) in [5.74, 6) is -1.08. The van der Waals surface area contributed by atoms with Crippen LogP contribution in [-0.4, -0.2) is 63.4 Å². The summed E-state index contributed by atoms with van der Waals surface area (Å²) in [7, 11) is 0. The SMILES string of the molecule is O=C(O)c1cc2[nH]c(C(=O)N3CC(CO)OCC34CCC4)cc2s1. The Morgan fingerprint density at radius 2 is 2.21 bits per heavy atom. The zero-order valence-corrected chi connectivity index (χ0v) is 13.8. The number of rotatable bonds is 3. The summed E-state index contributed by atoms with van der Waals surface area (Å²) >= 11 is 1.15. The Morgan fingerprint density at radius 3 is 2.79 bits per heavy atom. The fraction of sp³-hybridized carbons (Fsp3) is 0.500. The van der Waals surface area contributed by atoms with Crippen LogP contribution in [0.1, 0.15) is 39.4 Å². The Hall–Kier alpha value is -1.90. The van der Waals surface area contributed by atoms with Crippen LogP contribution in [0.15, 0.2) is 12.1 Å². The molecule has 7 nitrogen and oxygen atoms in total. The Morgan fingerprint density at radius 1 is 1.42 bits per heavy atom. The maximum absolute atomic E-state index is 13.0. The number of hydrogen-bond acceptors (Lipinski definition) is 5. The molecule has 2 fully saturated rings. The van der Waals surface area contributed by atoms with Gasteiger partial charge in [-0.2, -0.15) is 0 Å². The molecule has 4 rings (SSSR count). The molecule has 0 radical (unpaired) electrons. The van der Waals surface area contributed by atoms with Gasteiger partial charge in [0.25, 0.3) is 5.91 Å². The first kappa shape index (κ1) is 15.6. The maximum Gasteiger partial charge on any atom is 0.345 e. The molecule has 2 aromatic rings. The number of fused-ring (bicyclic) bond motifs is 1. The molecule has 1 atom stereocenters. The molecule has 3 heterocycles. The maximum atomic E-state index is 13.0. The van der Waals surface area contributed by atoms with Crippen molar-refractivity contribution in [1.29, 1.82) is 0 Å². The Bertz CT molecular complexity index is 775. The molecule has 8 heteroatoms. The smallest absolute Gasteiger partial charge is 0.345 e. The monoisotopic (exact) mass is 350 g/mol. The van der Waals surface area contributed by atoms with Gasteiger partial charge in [0.2, 0.25) is 0 Å². The molecule has 1 amide bonds. The average Bonchev–Trinajstić information content (AvgIpc) is 3.10. The van der Waals surface area contributed by atoms with E-state index < -0.39 is 5.97 Å². The van der Waals surface area contributed by atoms with E-state index in [1.807, 2.05) is 4.90 Å². The fourth-order valence-corrected chi connectivity index (χ4v) is 4.39. The van der Waals surface area contributed by atoms with E-state index in [0.717, 1.165) is 35.3 Å². The molecule has 1 unspecified atom stereocenters. The van der Waals surface area contributed by atoms with Gasteiger partial charge >= 0.3 is 5.97 Å². The van der Waals surface area contributed by atoms with Gasteiger partial charge in [-0.25, -0.2) is 4.79 Å². The Kier molecular flexibility index (Phi) is 3.63. The number of carbonyl (C=O) groups is 2. The molecule has 2 aliphatic rings. The second-order valence-corrected chi connectivity index (χ2v) is 7.57. The fourth-order valence-electron chi connectivity index (χ4n) is 3.50. The minimum atomic E-state index is -0.968. The van der Waals surface area contributed by atoms with Crippen LogP contribution in [0.25, 0.3) is 10.2 Å². The number of H-pyrrole nitrogens is 1. The van der Waals surface area contributed by atoms with Crippen LogP contribution in [0.5, 0.6) is 0 Å². The molecule has 1 aliphatic heterocycles. The predicted molar refractivity (Wildman–Crippen MR) is 87.6 cm³/mol. The van der Waals surface area contributed by atoms with Gasteiger partial charge in [-0.1, -0.05) is 0 Å². The van der Waals surface area contributed by atoms with E-state index in [1.165, 1.54) is 0 Å². The van der Waals surface area contributed by atoms with Crippen LogP contribution in [-0.2, 0) is 4.74 Å². The van der Waals surface area contributed by atoms with Crippen molar-refractivity contribution < 1.29 is 24.5 Å². The highest BCUT2D eigenvalue weighted by atomic mass is 32.1. The van der Waals surface area contributed by atoms with E-state index in [4.69, 9.17) is 9.84 Å². The summed E-state index contributed by atoms with van der Waals surface area (Å²) in [6.07, 6.45) is 2.54. The minimum absolute atomic E-state index is 0.109. The highest BCUT2D eigenvalue weighted by Crippen LogP contribution is 2.41. The van der Waals surface area contributed by atoms with Gasteiger partial charge in [-0.05, 0) is 31.4 Å². The number of nitrogens with zero attached hydrogens (tertiary/aromatic N) is 1. The van der Waals surface area contributed by atoms with Gasteiger partial charge in [-0.15, -0.1) is 11.3 Å². The van der Waals surface area contributed by atoms with Crippen molar-refractivity contribution in [3.63, 3.8) is 0 Å². The zero-order chi connectivity index (χ0) is 16.9. The number of aliphatic hydroxyl groups is 1. The molecule has 1 spiro atoms. The third-order valence-corrected chi connectivity index (χ3v) is 6.10. The van der Waals surface area contributed by atoms with E-state index in [2.05, 4.69) is 4.98 Å². The van der Waals surface area contributed by atoms with Crippen molar-refractivity contribution in [3.05, 3.63) is 22.7 Å². The van der Waals surface area contributed by atoms with Gasteiger partial charge in [0.15, 0.2) is 0 Å². The molecule has 2 aromatic heterocycles. The predicted octanol–water partition coefficient (Wildman–Crippen LogP) is 1.68. The number of carboxylic acids is 1. The topological polar surface area (TPSA) is 103 Å². The summed E-state index contributed by atoms with van der Waals surface area (Å²) in [4.78, 5) is 29.1. The Labute approximate surface area is 141 Å². The molecular weight excluding hydrogens is 332 g/mol.